The maximum atomic E-state index is 6.60. The van der Waals surface area contributed by atoms with E-state index in [1.807, 2.05) is 6.07 Å². The summed E-state index contributed by atoms with van der Waals surface area (Å²) in [6.07, 6.45) is 3.31. The van der Waals surface area contributed by atoms with E-state index in [0.29, 0.717) is 5.92 Å². The van der Waals surface area contributed by atoms with Gasteiger partial charge in [-0.2, -0.15) is 0 Å². The first-order valence-electron chi connectivity index (χ1n) is 17.8. The highest BCUT2D eigenvalue weighted by Crippen LogP contribution is 2.46. The van der Waals surface area contributed by atoms with E-state index in [-0.39, 0.29) is 0 Å². The molecule has 0 spiro atoms. The molecule has 1 atom stereocenters. The minimum Gasteiger partial charge on any atom is -0.455 e. The number of para-hydroxylation sites is 3. The van der Waals surface area contributed by atoms with Crippen LogP contribution in [0.5, 0.6) is 0 Å². The van der Waals surface area contributed by atoms with Crippen molar-refractivity contribution in [1.29, 1.82) is 0 Å². The molecule has 0 saturated heterocycles. The fourth-order valence-corrected chi connectivity index (χ4v) is 8.33. The molecule has 1 aliphatic rings. The number of hydrogen-bond acceptors (Lipinski definition) is 2. The van der Waals surface area contributed by atoms with Gasteiger partial charge in [-0.05, 0) is 86.5 Å². The molecular weight excluding hydrogens is 619 g/mol. The van der Waals surface area contributed by atoms with Gasteiger partial charge in [-0.25, -0.2) is 0 Å². The standard InChI is InChI=1S/C49H35NO/c1-32-29-37(31-34-14-3-4-17-38(32)34)50(47-25-8-6-19-43(47)45-23-12-24-46-44-20-7-9-26-48(44)51-49(45)46)36-16-10-15-35(30-36)40-21-11-22-41-39-18-5-2-13-33(39)27-28-42(40)41/h2-28,30-32H,29H2,1H3. The zero-order valence-electron chi connectivity index (χ0n) is 28.4. The number of hydrogen-bond donors (Lipinski definition) is 0. The molecular formula is C49H35NO. The van der Waals surface area contributed by atoms with Gasteiger partial charge in [-0.1, -0.05) is 153 Å². The molecule has 0 aliphatic heterocycles. The molecule has 51 heavy (non-hydrogen) atoms. The summed E-state index contributed by atoms with van der Waals surface area (Å²) >= 11 is 0. The molecule has 8 aromatic carbocycles. The summed E-state index contributed by atoms with van der Waals surface area (Å²) < 4.78 is 6.60. The van der Waals surface area contributed by atoms with Crippen molar-refractivity contribution in [3.63, 3.8) is 0 Å². The SMILES string of the molecule is CC1CC(N(c2cccc(-c3cccc4c3ccc3ccccc34)c2)c2ccccc2-c2cccc3c2oc2ccccc23)=Cc2ccccc21. The quantitative estimate of drug-likeness (QED) is 0.172. The summed E-state index contributed by atoms with van der Waals surface area (Å²) in [6, 6.07) is 61.5. The third-order valence-electron chi connectivity index (χ3n) is 10.7. The van der Waals surface area contributed by atoms with Gasteiger partial charge in [-0.3, -0.25) is 0 Å². The summed E-state index contributed by atoms with van der Waals surface area (Å²) in [7, 11) is 0. The normalized spacial score (nSPS) is 14.2. The lowest BCUT2D eigenvalue weighted by atomic mass is 9.85. The Kier molecular flexibility index (Phi) is 6.89. The van der Waals surface area contributed by atoms with Crippen LogP contribution < -0.4 is 4.90 Å². The Morgan fingerprint density at radius 3 is 2.18 bits per heavy atom. The molecule has 0 saturated carbocycles. The molecule has 2 heteroatoms. The van der Waals surface area contributed by atoms with E-state index in [1.54, 1.807) is 0 Å². The van der Waals surface area contributed by atoms with E-state index < -0.39 is 0 Å². The monoisotopic (exact) mass is 653 g/mol. The molecule has 0 bridgehead atoms. The summed E-state index contributed by atoms with van der Waals surface area (Å²) in [5, 5.41) is 7.35. The molecule has 0 N–H and O–H groups in total. The highest BCUT2D eigenvalue weighted by molar-refractivity contribution is 6.13. The van der Waals surface area contributed by atoms with Gasteiger partial charge in [0.15, 0.2) is 0 Å². The van der Waals surface area contributed by atoms with E-state index in [9.17, 15) is 0 Å². The van der Waals surface area contributed by atoms with Gasteiger partial charge >= 0.3 is 0 Å². The Hall–Kier alpha value is -6.38. The Morgan fingerprint density at radius 1 is 0.529 bits per heavy atom. The number of nitrogens with zero attached hydrogens (tertiary/aromatic N) is 1. The fourth-order valence-electron chi connectivity index (χ4n) is 8.33. The molecule has 2 nitrogen and oxygen atoms in total. The van der Waals surface area contributed by atoms with Crippen molar-refractivity contribution >= 4 is 60.9 Å². The van der Waals surface area contributed by atoms with Gasteiger partial charge < -0.3 is 9.32 Å². The Morgan fingerprint density at radius 2 is 1.24 bits per heavy atom. The van der Waals surface area contributed by atoms with Crippen LogP contribution in [-0.2, 0) is 0 Å². The Bertz CT molecular complexity index is 2820. The molecule has 0 amide bonds. The largest absolute Gasteiger partial charge is 0.455 e. The zero-order chi connectivity index (χ0) is 33.9. The van der Waals surface area contributed by atoms with Crippen LogP contribution in [-0.4, -0.2) is 0 Å². The van der Waals surface area contributed by atoms with Crippen LogP contribution >= 0.6 is 0 Å². The first kappa shape index (κ1) is 29.5. The summed E-state index contributed by atoms with van der Waals surface area (Å²) in [4.78, 5) is 2.49. The maximum Gasteiger partial charge on any atom is 0.143 e. The smallest absolute Gasteiger partial charge is 0.143 e. The van der Waals surface area contributed by atoms with Crippen molar-refractivity contribution in [2.24, 2.45) is 0 Å². The summed E-state index contributed by atoms with van der Waals surface area (Å²) in [6.45, 7) is 2.35. The number of allylic oxidation sites excluding steroid dienone is 1. The van der Waals surface area contributed by atoms with E-state index in [0.717, 1.165) is 50.9 Å². The van der Waals surface area contributed by atoms with Gasteiger partial charge in [0.05, 0.1) is 5.69 Å². The predicted octanol–water partition coefficient (Wildman–Crippen LogP) is 13.9. The summed E-state index contributed by atoms with van der Waals surface area (Å²) in [5.74, 6) is 0.379. The van der Waals surface area contributed by atoms with Gasteiger partial charge in [0.2, 0.25) is 0 Å². The van der Waals surface area contributed by atoms with Crippen molar-refractivity contribution in [2.75, 3.05) is 4.90 Å². The number of furan rings is 1. The molecule has 0 fully saturated rings. The Balaban J connectivity index is 1.20. The van der Waals surface area contributed by atoms with Crippen molar-refractivity contribution in [3.05, 3.63) is 187 Å². The first-order valence-corrected chi connectivity index (χ1v) is 17.8. The van der Waals surface area contributed by atoms with Crippen molar-refractivity contribution in [3.8, 4) is 22.3 Å². The molecule has 1 heterocycles. The van der Waals surface area contributed by atoms with Crippen LogP contribution in [0.1, 0.15) is 30.4 Å². The molecule has 9 aromatic rings. The van der Waals surface area contributed by atoms with Crippen LogP contribution in [0.25, 0.3) is 71.8 Å². The molecule has 0 radical (unpaired) electrons. The summed E-state index contributed by atoms with van der Waals surface area (Å²) in [5.41, 5.74) is 12.7. The minimum absolute atomic E-state index is 0.379. The van der Waals surface area contributed by atoms with Gasteiger partial charge in [0, 0.05) is 33.3 Å². The van der Waals surface area contributed by atoms with Gasteiger partial charge in [0.25, 0.3) is 0 Å². The topological polar surface area (TPSA) is 16.4 Å². The van der Waals surface area contributed by atoms with E-state index in [1.165, 1.54) is 49.5 Å². The number of benzene rings is 8. The zero-order valence-corrected chi connectivity index (χ0v) is 28.4. The van der Waals surface area contributed by atoms with Crippen molar-refractivity contribution in [1.82, 2.24) is 0 Å². The molecule has 242 valence electrons. The van der Waals surface area contributed by atoms with E-state index >= 15 is 0 Å². The first-order chi connectivity index (χ1) is 25.2. The van der Waals surface area contributed by atoms with Crippen LogP contribution in [0.3, 0.4) is 0 Å². The maximum absolute atomic E-state index is 6.60. The second kappa shape index (κ2) is 11.9. The highest BCUT2D eigenvalue weighted by atomic mass is 16.3. The predicted molar refractivity (Wildman–Crippen MR) is 216 cm³/mol. The van der Waals surface area contributed by atoms with E-state index in [4.69, 9.17) is 4.42 Å². The van der Waals surface area contributed by atoms with Gasteiger partial charge in [-0.15, -0.1) is 0 Å². The second-order valence-corrected chi connectivity index (χ2v) is 13.7. The fraction of sp³-hybridized carbons (Fsp3) is 0.0612. The minimum atomic E-state index is 0.379. The Labute approximate surface area is 297 Å². The average molecular weight is 654 g/mol. The second-order valence-electron chi connectivity index (χ2n) is 13.7. The lowest BCUT2D eigenvalue weighted by molar-refractivity contribution is 0.670. The number of anilines is 2. The third kappa shape index (κ3) is 4.87. The third-order valence-corrected chi connectivity index (χ3v) is 10.7. The van der Waals surface area contributed by atoms with Crippen molar-refractivity contribution in [2.45, 2.75) is 19.3 Å². The van der Waals surface area contributed by atoms with Crippen LogP contribution in [0.15, 0.2) is 180 Å². The molecule has 1 unspecified atom stereocenters. The van der Waals surface area contributed by atoms with Crippen LogP contribution in [0.2, 0.25) is 0 Å². The number of rotatable bonds is 5. The van der Waals surface area contributed by atoms with Gasteiger partial charge in [0.1, 0.15) is 11.2 Å². The average Bonchev–Trinajstić information content (AvgIpc) is 3.57. The molecule has 10 rings (SSSR count). The molecule has 1 aromatic heterocycles. The lowest BCUT2D eigenvalue weighted by Crippen LogP contribution is -2.21. The van der Waals surface area contributed by atoms with Crippen molar-refractivity contribution < 1.29 is 4.42 Å². The van der Waals surface area contributed by atoms with E-state index in [2.05, 4.69) is 182 Å². The molecule has 1 aliphatic carbocycles. The van der Waals surface area contributed by atoms with Crippen LogP contribution in [0, 0.1) is 0 Å². The lowest BCUT2D eigenvalue weighted by Gasteiger charge is -2.34. The number of fused-ring (bicyclic) bond motifs is 7. The van der Waals surface area contributed by atoms with Crippen LogP contribution in [0.4, 0.5) is 11.4 Å². The highest BCUT2D eigenvalue weighted by Gasteiger charge is 2.26.